The van der Waals surface area contributed by atoms with Crippen molar-refractivity contribution in [1.29, 1.82) is 5.26 Å². The minimum Gasteiger partial charge on any atom is -0.465 e. The molecule has 0 bridgehead atoms. The Bertz CT molecular complexity index is 559. The van der Waals surface area contributed by atoms with Gasteiger partial charge in [-0.1, -0.05) is 52.9 Å². The van der Waals surface area contributed by atoms with Gasteiger partial charge in [-0.15, -0.1) is 0 Å². The smallest absolute Gasteiger partial charge is 0.409 e. The van der Waals surface area contributed by atoms with Gasteiger partial charge in [0.15, 0.2) is 0 Å². The topological polar surface area (TPSA) is 64.3 Å². The number of carbonyl (C=O) groups is 1. The molecule has 0 saturated heterocycles. The van der Waals surface area contributed by atoms with E-state index in [1.54, 1.807) is 59.0 Å². The van der Waals surface area contributed by atoms with Crippen molar-refractivity contribution in [3.63, 3.8) is 0 Å². The summed E-state index contributed by atoms with van der Waals surface area (Å²) in [5.74, 6) is 0. The van der Waals surface area contributed by atoms with Gasteiger partial charge in [-0.05, 0) is 18.9 Å². The summed E-state index contributed by atoms with van der Waals surface area (Å²) in [5.41, 5.74) is -1.18. The average molecular weight is 426 g/mol. The number of alkyl halides is 4. The highest BCUT2D eigenvalue weighted by atomic mass is 127. The number of halogens is 4. The third-order valence-corrected chi connectivity index (χ3v) is 4.45. The lowest BCUT2D eigenvalue weighted by molar-refractivity contribution is -0.139. The number of rotatable bonds is 5. The van der Waals surface area contributed by atoms with Crippen LogP contribution in [0.3, 0.4) is 0 Å². The van der Waals surface area contributed by atoms with Crippen LogP contribution in [-0.2, 0) is 0 Å². The van der Waals surface area contributed by atoms with E-state index in [1.807, 2.05) is 0 Å². The number of carboxylic acid groups (broad SMARTS) is 1. The van der Waals surface area contributed by atoms with Gasteiger partial charge in [0.25, 0.3) is 0 Å². The van der Waals surface area contributed by atoms with Gasteiger partial charge < -0.3 is 5.11 Å². The first kappa shape index (κ1) is 18.5. The van der Waals surface area contributed by atoms with Crippen LogP contribution in [0.15, 0.2) is 30.3 Å². The van der Waals surface area contributed by atoms with Gasteiger partial charge in [0.1, 0.15) is 9.59 Å². The summed E-state index contributed by atoms with van der Waals surface area (Å²) in [5, 5.41) is 18.7. The minimum atomic E-state index is -4.45. The molecule has 22 heavy (non-hydrogen) atoms. The lowest BCUT2D eigenvalue weighted by Crippen LogP contribution is -2.49. The lowest BCUT2D eigenvalue weighted by Gasteiger charge is -2.37. The zero-order valence-electron chi connectivity index (χ0n) is 11.6. The van der Waals surface area contributed by atoms with Crippen molar-refractivity contribution < 1.29 is 23.1 Å². The number of amides is 1. The molecule has 0 spiro atoms. The quantitative estimate of drug-likeness (QED) is 0.421. The van der Waals surface area contributed by atoms with E-state index >= 15 is 0 Å². The largest absolute Gasteiger partial charge is 0.465 e. The fourth-order valence-corrected chi connectivity index (χ4v) is 3.20. The van der Waals surface area contributed by atoms with Crippen LogP contribution in [-0.4, -0.2) is 27.8 Å². The first-order valence-corrected chi connectivity index (χ1v) is 7.54. The predicted octanol–water partition coefficient (Wildman–Crippen LogP) is 4.72. The van der Waals surface area contributed by atoms with Crippen LogP contribution in [0.25, 0.3) is 0 Å². The Hall–Kier alpha value is -1.50. The molecular weight excluding hydrogens is 412 g/mol. The van der Waals surface area contributed by atoms with Gasteiger partial charge in [-0.25, -0.2) is 4.79 Å². The summed E-state index contributed by atoms with van der Waals surface area (Å²) in [7, 11) is 0. The Labute approximate surface area is 139 Å². The first-order valence-electron chi connectivity index (χ1n) is 6.30. The molecule has 1 rings (SSSR count). The molecule has 0 fully saturated rings. The van der Waals surface area contributed by atoms with Crippen LogP contribution in [0.1, 0.15) is 29.4 Å². The minimum absolute atomic E-state index is 0.596. The Morgan fingerprint density at radius 3 is 2.32 bits per heavy atom. The molecular formula is C14H14F3IN2O2. The molecule has 0 radical (unpaired) electrons. The van der Waals surface area contributed by atoms with E-state index in [0.29, 0.717) is 5.56 Å². The molecule has 0 heterocycles. The highest BCUT2D eigenvalue weighted by Crippen LogP contribution is 2.37. The van der Waals surface area contributed by atoms with Crippen molar-refractivity contribution in [1.82, 2.24) is 4.90 Å². The highest BCUT2D eigenvalue weighted by molar-refractivity contribution is 14.1. The highest BCUT2D eigenvalue weighted by Gasteiger charge is 2.43. The molecule has 2 atom stereocenters. The number of nitriles is 1. The van der Waals surface area contributed by atoms with Crippen LogP contribution in [0.2, 0.25) is 0 Å². The van der Waals surface area contributed by atoms with E-state index in [4.69, 9.17) is 0 Å². The van der Waals surface area contributed by atoms with Gasteiger partial charge in [-0.2, -0.15) is 18.4 Å². The zero-order chi connectivity index (χ0) is 17.0. The summed E-state index contributed by atoms with van der Waals surface area (Å²) in [6, 6.07) is 10.2. The van der Waals surface area contributed by atoms with Crippen LogP contribution in [0.5, 0.6) is 0 Å². The Morgan fingerprint density at radius 1 is 1.36 bits per heavy atom. The summed E-state index contributed by atoms with van der Waals surface area (Å²) >= 11 is 1.81. The van der Waals surface area contributed by atoms with Crippen LogP contribution < -0.4 is 0 Å². The molecule has 0 aliphatic rings. The van der Waals surface area contributed by atoms with Gasteiger partial charge >= 0.3 is 12.3 Å². The predicted molar refractivity (Wildman–Crippen MR) is 82.4 cm³/mol. The van der Waals surface area contributed by atoms with E-state index in [1.165, 1.54) is 6.92 Å². The number of benzene rings is 1. The molecule has 0 aliphatic carbocycles. The monoisotopic (exact) mass is 426 g/mol. The second-order valence-corrected chi connectivity index (χ2v) is 6.08. The molecule has 1 aromatic rings. The van der Waals surface area contributed by atoms with Gasteiger partial charge in [0.05, 0.1) is 6.07 Å². The van der Waals surface area contributed by atoms with Crippen molar-refractivity contribution in [3.05, 3.63) is 35.9 Å². The second kappa shape index (κ2) is 7.17. The van der Waals surface area contributed by atoms with Crippen molar-refractivity contribution >= 4 is 28.7 Å². The van der Waals surface area contributed by atoms with Crippen LogP contribution in [0.4, 0.5) is 18.0 Å². The molecule has 0 aliphatic heterocycles. The summed E-state index contributed by atoms with van der Waals surface area (Å²) in [6.07, 6.45) is -7.73. The number of hydrogen-bond acceptors (Lipinski definition) is 2. The second-order valence-electron chi connectivity index (χ2n) is 4.90. The fourth-order valence-electron chi connectivity index (χ4n) is 1.93. The van der Waals surface area contributed by atoms with E-state index in [2.05, 4.69) is 0 Å². The normalized spacial score (nSPS) is 15.5. The van der Waals surface area contributed by atoms with Crippen molar-refractivity contribution in [3.8, 4) is 6.07 Å². The molecule has 1 aromatic carbocycles. The van der Waals surface area contributed by atoms with Crippen LogP contribution in [0, 0.1) is 11.3 Å². The maximum Gasteiger partial charge on any atom is 0.409 e. The van der Waals surface area contributed by atoms with E-state index < -0.39 is 34.7 Å². The van der Waals surface area contributed by atoms with Crippen molar-refractivity contribution in [2.24, 2.45) is 0 Å². The molecule has 2 unspecified atom stereocenters. The summed E-state index contributed by atoms with van der Waals surface area (Å²) in [4.78, 5) is 12.3. The zero-order valence-corrected chi connectivity index (χ0v) is 13.8. The Balaban J connectivity index is 3.11. The number of nitrogens with zero attached hydrogens (tertiary/aromatic N) is 2. The Morgan fingerprint density at radius 2 is 1.91 bits per heavy atom. The molecule has 120 valence electrons. The van der Waals surface area contributed by atoms with Gasteiger partial charge in [0.2, 0.25) is 0 Å². The van der Waals surface area contributed by atoms with E-state index in [-0.39, 0.29) is 0 Å². The van der Waals surface area contributed by atoms with E-state index in [9.17, 15) is 28.3 Å². The van der Waals surface area contributed by atoms with Gasteiger partial charge in [-0.3, -0.25) is 4.90 Å². The average Bonchev–Trinajstić information content (AvgIpc) is 2.45. The third kappa shape index (κ3) is 4.76. The molecule has 1 amide bonds. The number of hydrogen-bond donors (Lipinski definition) is 1. The van der Waals surface area contributed by atoms with Crippen molar-refractivity contribution in [2.45, 2.75) is 35.5 Å². The molecule has 1 N–H and O–H groups in total. The standard InChI is InChI=1S/C14H14F3IN2O2/c1-13(9-19,7-8-14(15,16)17)20(12(21)22)11(18)10-5-3-2-4-6-10/h2-6,11H,7-8H2,1H3,(H,21,22). The Kier molecular flexibility index (Phi) is 6.05. The first-order chi connectivity index (χ1) is 10.1. The third-order valence-electron chi connectivity index (χ3n) is 3.18. The van der Waals surface area contributed by atoms with Crippen LogP contribution >= 0.6 is 22.6 Å². The summed E-state index contributed by atoms with van der Waals surface area (Å²) < 4.78 is 36.5. The summed E-state index contributed by atoms with van der Waals surface area (Å²) in [6.45, 7) is 1.21. The lowest BCUT2D eigenvalue weighted by atomic mass is 9.94. The maximum absolute atomic E-state index is 12.4. The molecule has 8 heteroatoms. The maximum atomic E-state index is 12.4. The molecule has 4 nitrogen and oxygen atoms in total. The fraction of sp³-hybridized carbons (Fsp3) is 0.429. The van der Waals surface area contributed by atoms with E-state index in [0.717, 1.165) is 4.90 Å². The van der Waals surface area contributed by atoms with Crippen molar-refractivity contribution in [2.75, 3.05) is 0 Å². The SMILES string of the molecule is CC(C#N)(CCC(F)(F)F)N(C(=O)O)C(I)c1ccccc1. The van der Waals surface area contributed by atoms with Gasteiger partial charge in [0, 0.05) is 6.42 Å². The molecule has 0 saturated carbocycles. The molecule has 0 aromatic heterocycles.